The number of nitrogens with one attached hydrogen (secondary N) is 2. The molecule has 1 aliphatic carbocycles. The Balaban J connectivity index is 1.48. The molecule has 9 heteroatoms. The largest absolute Gasteiger partial charge is 0.507 e. The van der Waals surface area contributed by atoms with Gasteiger partial charge in [0.05, 0.1) is 17.7 Å². The van der Waals surface area contributed by atoms with Gasteiger partial charge >= 0.3 is 0 Å². The molecule has 0 radical (unpaired) electrons. The van der Waals surface area contributed by atoms with Crippen LogP contribution in [0.2, 0.25) is 0 Å². The fourth-order valence-electron chi connectivity index (χ4n) is 4.81. The van der Waals surface area contributed by atoms with Crippen molar-refractivity contribution in [1.29, 1.82) is 0 Å². The van der Waals surface area contributed by atoms with Crippen LogP contribution in [-0.4, -0.2) is 59.2 Å². The van der Waals surface area contributed by atoms with Gasteiger partial charge in [0, 0.05) is 38.3 Å². The minimum atomic E-state index is -1.11. The van der Waals surface area contributed by atoms with Crippen molar-refractivity contribution >= 4 is 11.8 Å². The predicted molar refractivity (Wildman–Crippen MR) is 153 cm³/mol. The van der Waals surface area contributed by atoms with Gasteiger partial charge < -0.3 is 25.7 Å². The average molecular weight is 566 g/mol. The Morgan fingerprint density at radius 1 is 1.00 bits per heavy atom. The molecule has 218 valence electrons. The van der Waals surface area contributed by atoms with Crippen molar-refractivity contribution in [1.82, 2.24) is 15.5 Å². The third-order valence-electron chi connectivity index (χ3n) is 7.31. The van der Waals surface area contributed by atoms with Crippen molar-refractivity contribution in [2.75, 3.05) is 20.1 Å². The van der Waals surface area contributed by atoms with Crippen LogP contribution < -0.4 is 10.6 Å². The number of carbonyl (C=O) groups is 2. The van der Waals surface area contributed by atoms with Crippen LogP contribution >= 0.6 is 0 Å². The van der Waals surface area contributed by atoms with E-state index in [0.717, 1.165) is 43.0 Å². The van der Waals surface area contributed by atoms with Crippen molar-refractivity contribution in [3.8, 4) is 5.75 Å². The summed E-state index contributed by atoms with van der Waals surface area (Å²) in [7, 11) is 1.66. The van der Waals surface area contributed by atoms with Crippen molar-refractivity contribution < 1.29 is 28.6 Å². The maximum atomic E-state index is 13.9. The van der Waals surface area contributed by atoms with Gasteiger partial charge in [-0.15, -0.1) is 0 Å². The molecule has 0 aliphatic heterocycles. The first-order valence-electron chi connectivity index (χ1n) is 13.9. The highest BCUT2D eigenvalue weighted by atomic mass is 19.1. The molecule has 7 nitrogen and oxygen atoms in total. The number of hydrogen-bond acceptors (Lipinski definition) is 5. The summed E-state index contributed by atoms with van der Waals surface area (Å²) in [6.07, 6.45) is 1.87. The van der Waals surface area contributed by atoms with Crippen LogP contribution in [0.15, 0.2) is 60.7 Å². The molecule has 2 atom stereocenters. The number of rotatable bonds is 13. The van der Waals surface area contributed by atoms with Gasteiger partial charge in [-0.1, -0.05) is 31.2 Å². The number of nitrogens with zero attached hydrogens (tertiary/aromatic N) is 1. The molecule has 0 heterocycles. The first kappa shape index (κ1) is 30.1. The summed E-state index contributed by atoms with van der Waals surface area (Å²) < 4.78 is 27.8. The molecule has 3 aromatic rings. The zero-order valence-corrected chi connectivity index (χ0v) is 23.4. The summed E-state index contributed by atoms with van der Waals surface area (Å²) in [4.78, 5) is 27.8. The van der Waals surface area contributed by atoms with Gasteiger partial charge in [0.1, 0.15) is 17.4 Å². The topological polar surface area (TPSA) is 102 Å². The first-order chi connectivity index (χ1) is 19.6. The van der Waals surface area contributed by atoms with Crippen LogP contribution in [-0.2, 0) is 19.4 Å². The molecule has 0 bridgehead atoms. The van der Waals surface area contributed by atoms with E-state index in [1.165, 1.54) is 28.7 Å². The minimum absolute atomic E-state index is 0.000997. The first-order valence-corrected chi connectivity index (χ1v) is 13.9. The number of aliphatic hydroxyl groups excluding tert-OH is 1. The highest BCUT2D eigenvalue weighted by Gasteiger charge is 2.27. The summed E-state index contributed by atoms with van der Waals surface area (Å²) in [5.74, 6) is -2.29. The average Bonchev–Trinajstić information content (AvgIpc) is 3.76. The van der Waals surface area contributed by atoms with Crippen molar-refractivity contribution in [3.63, 3.8) is 0 Å². The molecule has 4 rings (SSSR count). The van der Waals surface area contributed by atoms with E-state index in [0.29, 0.717) is 19.0 Å². The number of aliphatic hydroxyl groups is 1. The number of aromatic hydroxyl groups is 1. The molecule has 1 saturated carbocycles. The highest BCUT2D eigenvalue weighted by molar-refractivity contribution is 6.01. The van der Waals surface area contributed by atoms with E-state index in [2.05, 4.69) is 23.6 Å². The summed E-state index contributed by atoms with van der Waals surface area (Å²) in [5.41, 5.74) is 2.61. The Labute approximate surface area is 239 Å². The van der Waals surface area contributed by atoms with Gasteiger partial charge in [0.2, 0.25) is 0 Å². The molecule has 2 amide bonds. The number of halogens is 2. The Bertz CT molecular complexity index is 1360. The second-order valence-corrected chi connectivity index (χ2v) is 10.8. The molecule has 3 aromatic carbocycles. The van der Waals surface area contributed by atoms with Crippen LogP contribution in [0.3, 0.4) is 0 Å². The molecular weight excluding hydrogens is 528 g/mol. The lowest BCUT2D eigenvalue weighted by molar-refractivity contribution is 0.0785. The minimum Gasteiger partial charge on any atom is -0.507 e. The lowest BCUT2D eigenvalue weighted by Crippen LogP contribution is -2.48. The molecule has 0 saturated heterocycles. The fourth-order valence-corrected chi connectivity index (χ4v) is 4.81. The van der Waals surface area contributed by atoms with Gasteiger partial charge in [-0.3, -0.25) is 9.59 Å². The van der Waals surface area contributed by atoms with E-state index in [-0.39, 0.29) is 35.4 Å². The number of benzene rings is 3. The second-order valence-electron chi connectivity index (χ2n) is 10.8. The summed E-state index contributed by atoms with van der Waals surface area (Å²) in [6, 6.07) is 14.2. The fraction of sp³-hybridized carbons (Fsp3) is 0.375. The normalized spacial score (nSPS) is 14.4. The van der Waals surface area contributed by atoms with Crippen LogP contribution in [0, 0.1) is 17.6 Å². The summed E-state index contributed by atoms with van der Waals surface area (Å²) in [6.45, 7) is 3.23. The third-order valence-corrected chi connectivity index (χ3v) is 7.31. The molecule has 1 aliphatic rings. The Hall–Kier alpha value is -3.82. The molecule has 0 spiro atoms. The lowest BCUT2D eigenvalue weighted by Gasteiger charge is -2.25. The maximum absolute atomic E-state index is 13.9. The monoisotopic (exact) mass is 565 g/mol. The number of aryl methyl sites for hydroxylation is 1. The Morgan fingerprint density at radius 2 is 1.71 bits per heavy atom. The summed E-state index contributed by atoms with van der Waals surface area (Å²) in [5, 5.41) is 27.3. The van der Waals surface area contributed by atoms with E-state index < -0.39 is 35.6 Å². The molecule has 41 heavy (non-hydrogen) atoms. The van der Waals surface area contributed by atoms with E-state index in [9.17, 15) is 28.6 Å². The zero-order chi connectivity index (χ0) is 29.5. The Morgan fingerprint density at radius 3 is 2.39 bits per heavy atom. The molecule has 4 N–H and O–H groups in total. The Kier molecular flexibility index (Phi) is 10.1. The number of phenolic OH excluding ortho intramolecular Hbond substituents is 1. The summed E-state index contributed by atoms with van der Waals surface area (Å²) >= 11 is 0. The number of phenols is 1. The maximum Gasteiger partial charge on any atom is 0.257 e. The van der Waals surface area contributed by atoms with Gasteiger partial charge in [-0.25, -0.2) is 8.78 Å². The molecule has 1 fully saturated rings. The smallest absolute Gasteiger partial charge is 0.257 e. The van der Waals surface area contributed by atoms with Crippen molar-refractivity contribution in [3.05, 3.63) is 100 Å². The van der Waals surface area contributed by atoms with Gasteiger partial charge in [0.15, 0.2) is 0 Å². The van der Waals surface area contributed by atoms with Crippen molar-refractivity contribution in [2.24, 2.45) is 5.92 Å². The van der Waals surface area contributed by atoms with Crippen LogP contribution in [0.5, 0.6) is 5.75 Å². The number of hydrogen-bond donors (Lipinski definition) is 4. The van der Waals surface area contributed by atoms with Crippen molar-refractivity contribution in [2.45, 2.75) is 51.3 Å². The van der Waals surface area contributed by atoms with E-state index >= 15 is 0 Å². The molecular formula is C32H37F2N3O4. The quantitative estimate of drug-likeness (QED) is 0.249. The van der Waals surface area contributed by atoms with E-state index in [4.69, 9.17) is 0 Å². The second kappa shape index (κ2) is 13.7. The third kappa shape index (κ3) is 8.58. The zero-order valence-electron chi connectivity index (χ0n) is 23.4. The van der Waals surface area contributed by atoms with Crippen LogP contribution in [0.1, 0.15) is 57.2 Å². The van der Waals surface area contributed by atoms with E-state index in [1.54, 1.807) is 7.05 Å². The van der Waals surface area contributed by atoms with E-state index in [1.807, 2.05) is 18.2 Å². The SMILES string of the molecule is CCc1cccc(CNC[C@@H](O)[C@H](Cc2cc(F)cc(F)c2)NC(=O)c2ccc(O)c(C(=O)N(C)CC3CC3)c2)c1. The number of amides is 2. The van der Waals surface area contributed by atoms with Crippen LogP contribution in [0.25, 0.3) is 0 Å². The predicted octanol–water partition coefficient (Wildman–Crippen LogP) is 4.21. The number of carbonyl (C=O) groups excluding carboxylic acids is 2. The molecule has 0 aromatic heterocycles. The molecule has 0 unspecified atom stereocenters. The van der Waals surface area contributed by atoms with Gasteiger partial charge in [-0.05, 0) is 78.6 Å². The standard InChI is InChI=1S/C32H37F2N3O4/c1-3-20-5-4-6-22(11-20)17-35-18-30(39)28(14-23-12-25(33)16-26(34)13-23)36-31(40)24-9-10-29(38)27(15-24)32(41)37(2)19-21-7-8-21/h4-6,9-13,15-16,21,28,30,35,38-39H,3,7-8,14,17-19H2,1-2H3,(H,36,40)/t28-,30+/m0/s1. The van der Waals surface area contributed by atoms with Crippen LogP contribution in [0.4, 0.5) is 8.78 Å². The highest BCUT2D eigenvalue weighted by Crippen LogP contribution is 2.30. The van der Waals surface area contributed by atoms with Gasteiger partial charge in [-0.2, -0.15) is 0 Å². The van der Waals surface area contributed by atoms with Gasteiger partial charge in [0.25, 0.3) is 11.8 Å². The lowest BCUT2D eigenvalue weighted by atomic mass is 9.99.